The van der Waals surface area contributed by atoms with Crippen molar-refractivity contribution < 1.29 is 9.90 Å². The van der Waals surface area contributed by atoms with Crippen molar-refractivity contribution >= 4 is 5.97 Å². The van der Waals surface area contributed by atoms with Gasteiger partial charge in [0.25, 0.3) is 0 Å². The summed E-state index contributed by atoms with van der Waals surface area (Å²) in [5.41, 5.74) is 8.48. The van der Waals surface area contributed by atoms with Gasteiger partial charge in [-0.3, -0.25) is 4.79 Å². The van der Waals surface area contributed by atoms with Crippen LogP contribution >= 0.6 is 0 Å². The third-order valence-electron chi connectivity index (χ3n) is 3.58. The van der Waals surface area contributed by atoms with Crippen LogP contribution in [0.4, 0.5) is 0 Å². The van der Waals surface area contributed by atoms with Crippen molar-refractivity contribution in [1.82, 2.24) is 0 Å². The van der Waals surface area contributed by atoms with Crippen LogP contribution in [0.5, 0.6) is 0 Å². The molecule has 0 heterocycles. The molecule has 3 N–H and O–H groups in total. The molecule has 0 fully saturated rings. The molecule has 0 spiro atoms. The fraction of sp³-hybridized carbons (Fsp3) is 0.562. The zero-order valence-electron chi connectivity index (χ0n) is 12.4. The molecule has 19 heavy (non-hydrogen) atoms. The molecule has 3 heteroatoms. The van der Waals surface area contributed by atoms with Gasteiger partial charge in [-0.05, 0) is 45.1 Å². The first-order chi connectivity index (χ1) is 8.74. The number of benzene rings is 1. The summed E-state index contributed by atoms with van der Waals surface area (Å²) in [5.74, 6) is -0.626. The molecule has 0 bridgehead atoms. The van der Waals surface area contributed by atoms with Gasteiger partial charge in [-0.25, -0.2) is 0 Å². The molecule has 0 aliphatic carbocycles. The summed E-state index contributed by atoms with van der Waals surface area (Å²) in [6.45, 7) is 7.86. The van der Waals surface area contributed by atoms with E-state index in [1.807, 2.05) is 0 Å². The Morgan fingerprint density at radius 2 is 1.84 bits per heavy atom. The van der Waals surface area contributed by atoms with Gasteiger partial charge in [0.2, 0.25) is 0 Å². The van der Waals surface area contributed by atoms with Crippen LogP contribution in [0.2, 0.25) is 0 Å². The van der Waals surface area contributed by atoms with Gasteiger partial charge in [-0.2, -0.15) is 0 Å². The predicted octanol–water partition coefficient (Wildman–Crippen LogP) is 3.06. The summed E-state index contributed by atoms with van der Waals surface area (Å²) in [4.78, 5) is 11.1. The van der Waals surface area contributed by atoms with Crippen LogP contribution < -0.4 is 5.73 Å². The van der Waals surface area contributed by atoms with Crippen LogP contribution in [-0.4, -0.2) is 16.6 Å². The monoisotopic (exact) mass is 263 g/mol. The SMILES string of the molecule is CCC(Cc1cc(C)cc(C)c1)CC(C)(N)C(=O)O. The Bertz CT molecular complexity index is 432. The molecule has 0 aliphatic rings. The molecule has 2 atom stereocenters. The van der Waals surface area contributed by atoms with Crippen molar-refractivity contribution in [3.63, 3.8) is 0 Å². The maximum Gasteiger partial charge on any atom is 0.323 e. The first kappa shape index (κ1) is 15.7. The Morgan fingerprint density at radius 3 is 2.26 bits per heavy atom. The van der Waals surface area contributed by atoms with E-state index in [9.17, 15) is 4.79 Å². The van der Waals surface area contributed by atoms with Gasteiger partial charge in [-0.1, -0.05) is 42.7 Å². The summed E-state index contributed by atoms with van der Waals surface area (Å²) >= 11 is 0. The minimum atomic E-state index is -1.14. The summed E-state index contributed by atoms with van der Waals surface area (Å²) in [6.07, 6.45) is 2.33. The van der Waals surface area contributed by atoms with Crippen molar-refractivity contribution in [2.75, 3.05) is 0 Å². The number of aryl methyl sites for hydroxylation is 2. The number of aliphatic carboxylic acids is 1. The van der Waals surface area contributed by atoms with Crippen LogP contribution in [0.1, 0.15) is 43.4 Å². The Hall–Kier alpha value is -1.35. The lowest BCUT2D eigenvalue weighted by atomic mass is 9.84. The molecule has 0 saturated heterocycles. The van der Waals surface area contributed by atoms with Gasteiger partial charge in [-0.15, -0.1) is 0 Å². The van der Waals surface area contributed by atoms with Crippen molar-refractivity contribution in [3.8, 4) is 0 Å². The number of carboxylic acid groups (broad SMARTS) is 1. The number of carboxylic acids is 1. The maximum atomic E-state index is 11.1. The minimum Gasteiger partial charge on any atom is -0.480 e. The van der Waals surface area contributed by atoms with Gasteiger partial charge >= 0.3 is 5.97 Å². The van der Waals surface area contributed by atoms with Crippen LogP contribution in [-0.2, 0) is 11.2 Å². The highest BCUT2D eigenvalue weighted by Gasteiger charge is 2.30. The zero-order valence-corrected chi connectivity index (χ0v) is 12.4. The fourth-order valence-corrected chi connectivity index (χ4v) is 2.57. The lowest BCUT2D eigenvalue weighted by molar-refractivity contribution is -0.143. The van der Waals surface area contributed by atoms with Gasteiger partial charge in [0, 0.05) is 0 Å². The van der Waals surface area contributed by atoms with Crippen molar-refractivity contribution in [1.29, 1.82) is 0 Å². The highest BCUT2D eigenvalue weighted by atomic mass is 16.4. The number of hydrogen-bond donors (Lipinski definition) is 2. The zero-order chi connectivity index (χ0) is 14.6. The third-order valence-corrected chi connectivity index (χ3v) is 3.58. The standard InChI is InChI=1S/C16H25NO2/c1-5-13(10-16(4,17)15(18)19)9-14-7-11(2)6-12(3)8-14/h6-8,13H,5,9-10,17H2,1-4H3,(H,18,19). The van der Waals surface area contributed by atoms with E-state index in [0.29, 0.717) is 12.3 Å². The average molecular weight is 263 g/mol. The Morgan fingerprint density at radius 1 is 1.32 bits per heavy atom. The van der Waals surface area contributed by atoms with Crippen LogP contribution in [0.25, 0.3) is 0 Å². The number of hydrogen-bond acceptors (Lipinski definition) is 2. The first-order valence-corrected chi connectivity index (χ1v) is 6.84. The lowest BCUT2D eigenvalue weighted by Crippen LogP contribution is -2.46. The molecule has 1 aromatic rings. The highest BCUT2D eigenvalue weighted by Crippen LogP contribution is 2.23. The molecule has 2 unspecified atom stereocenters. The molecule has 0 amide bonds. The quantitative estimate of drug-likeness (QED) is 0.829. The van der Waals surface area contributed by atoms with Gasteiger partial charge in [0.15, 0.2) is 0 Å². The summed E-state index contributed by atoms with van der Waals surface area (Å²) in [6, 6.07) is 6.49. The predicted molar refractivity (Wildman–Crippen MR) is 78.2 cm³/mol. The maximum absolute atomic E-state index is 11.1. The summed E-state index contributed by atoms with van der Waals surface area (Å²) in [7, 11) is 0. The normalized spacial score (nSPS) is 15.8. The third kappa shape index (κ3) is 4.67. The van der Waals surface area contributed by atoms with Crippen molar-refractivity contribution in [3.05, 3.63) is 34.9 Å². The molecule has 1 aromatic carbocycles. The second-order valence-electron chi connectivity index (χ2n) is 5.90. The Kier molecular flexibility index (Phi) is 5.12. The van der Waals surface area contributed by atoms with Gasteiger partial charge in [0.1, 0.15) is 5.54 Å². The van der Waals surface area contributed by atoms with Gasteiger partial charge in [0.05, 0.1) is 0 Å². The molecule has 3 nitrogen and oxygen atoms in total. The summed E-state index contributed by atoms with van der Waals surface area (Å²) < 4.78 is 0. The van der Waals surface area contributed by atoms with E-state index < -0.39 is 11.5 Å². The summed E-state index contributed by atoms with van der Waals surface area (Å²) in [5, 5.41) is 9.11. The van der Waals surface area contributed by atoms with E-state index in [4.69, 9.17) is 10.8 Å². The van der Waals surface area contributed by atoms with Gasteiger partial charge < -0.3 is 10.8 Å². The molecule has 0 radical (unpaired) electrons. The molecular formula is C16H25NO2. The second kappa shape index (κ2) is 6.20. The number of carbonyl (C=O) groups is 1. The second-order valence-corrected chi connectivity index (χ2v) is 5.90. The molecular weight excluding hydrogens is 238 g/mol. The topological polar surface area (TPSA) is 63.3 Å². The number of rotatable bonds is 6. The smallest absolute Gasteiger partial charge is 0.323 e. The molecule has 106 valence electrons. The highest BCUT2D eigenvalue weighted by molar-refractivity contribution is 5.77. The molecule has 0 aromatic heterocycles. The molecule has 0 aliphatic heterocycles. The van der Waals surface area contributed by atoms with Crippen LogP contribution in [0.15, 0.2) is 18.2 Å². The fourth-order valence-electron chi connectivity index (χ4n) is 2.57. The van der Waals surface area contributed by atoms with E-state index in [2.05, 4.69) is 39.0 Å². The average Bonchev–Trinajstić information content (AvgIpc) is 2.26. The number of nitrogens with two attached hydrogens (primary N) is 1. The largest absolute Gasteiger partial charge is 0.480 e. The van der Waals surface area contributed by atoms with E-state index in [1.165, 1.54) is 16.7 Å². The van der Waals surface area contributed by atoms with E-state index in [1.54, 1.807) is 6.92 Å². The first-order valence-electron chi connectivity index (χ1n) is 6.84. The van der Waals surface area contributed by atoms with Crippen molar-refractivity contribution in [2.45, 2.75) is 52.5 Å². The molecule has 1 rings (SSSR count). The lowest BCUT2D eigenvalue weighted by Gasteiger charge is -2.25. The molecule has 0 saturated carbocycles. The Labute approximate surface area is 115 Å². The minimum absolute atomic E-state index is 0.298. The van der Waals surface area contributed by atoms with Crippen molar-refractivity contribution in [2.24, 2.45) is 11.7 Å². The van der Waals surface area contributed by atoms with E-state index >= 15 is 0 Å². The van der Waals surface area contributed by atoms with E-state index in [-0.39, 0.29) is 0 Å². The van der Waals surface area contributed by atoms with E-state index in [0.717, 1.165) is 12.8 Å². The van der Waals surface area contributed by atoms with Crippen LogP contribution in [0, 0.1) is 19.8 Å². The van der Waals surface area contributed by atoms with Crippen LogP contribution in [0.3, 0.4) is 0 Å². The Balaban J connectivity index is 2.79.